The fourth-order valence-electron chi connectivity index (χ4n) is 2.35. The molecule has 0 atom stereocenters. The second kappa shape index (κ2) is 5.55. The van der Waals surface area contributed by atoms with Crippen molar-refractivity contribution in [3.05, 3.63) is 34.6 Å². The molecular weight excluding hydrogens is 251 g/mol. The number of piperidine rings is 1. The van der Waals surface area contributed by atoms with Crippen LogP contribution in [0.1, 0.15) is 25.3 Å². The van der Waals surface area contributed by atoms with Gasteiger partial charge in [0.15, 0.2) is 0 Å². The highest BCUT2D eigenvalue weighted by Crippen LogP contribution is 2.23. The van der Waals surface area contributed by atoms with Gasteiger partial charge in [-0.05, 0) is 44.5 Å². The average Bonchev–Trinajstić information content (AvgIpc) is 2.37. The molecule has 1 N–H and O–H groups in total. The lowest BCUT2D eigenvalue weighted by Crippen LogP contribution is -2.49. The summed E-state index contributed by atoms with van der Waals surface area (Å²) in [5.41, 5.74) is 1.34. The normalized spacial score (nSPS) is 20.0. The van der Waals surface area contributed by atoms with Crippen molar-refractivity contribution in [2.45, 2.75) is 31.8 Å². The molecule has 0 spiro atoms. The van der Waals surface area contributed by atoms with Crippen LogP contribution >= 0.6 is 11.6 Å². The summed E-state index contributed by atoms with van der Waals surface area (Å²) in [5.74, 6) is -0.346. The van der Waals surface area contributed by atoms with Crippen molar-refractivity contribution >= 4 is 11.6 Å². The molecule has 4 heteroatoms. The Morgan fingerprint density at radius 3 is 2.61 bits per heavy atom. The largest absolute Gasteiger partial charge is 0.314 e. The van der Waals surface area contributed by atoms with E-state index in [1.807, 2.05) is 13.1 Å². The topological polar surface area (TPSA) is 15.3 Å². The van der Waals surface area contributed by atoms with E-state index in [1.54, 1.807) is 6.07 Å². The maximum absolute atomic E-state index is 13.1. The first-order valence-corrected chi connectivity index (χ1v) is 6.75. The van der Waals surface area contributed by atoms with E-state index in [2.05, 4.69) is 17.1 Å². The summed E-state index contributed by atoms with van der Waals surface area (Å²) in [6.45, 7) is 5.23. The molecule has 0 aliphatic carbocycles. The van der Waals surface area contributed by atoms with E-state index in [4.69, 9.17) is 11.6 Å². The van der Waals surface area contributed by atoms with E-state index >= 15 is 0 Å². The molecule has 2 nitrogen and oxygen atoms in total. The van der Waals surface area contributed by atoms with E-state index in [-0.39, 0.29) is 16.4 Å². The van der Waals surface area contributed by atoms with Crippen LogP contribution in [-0.4, -0.2) is 30.6 Å². The number of rotatable bonds is 3. The van der Waals surface area contributed by atoms with Gasteiger partial charge in [-0.15, -0.1) is 0 Å². The highest BCUT2D eigenvalue weighted by Gasteiger charge is 2.28. The van der Waals surface area contributed by atoms with Crippen LogP contribution in [0.3, 0.4) is 0 Å². The van der Waals surface area contributed by atoms with Gasteiger partial charge in [-0.2, -0.15) is 0 Å². The molecule has 1 aliphatic rings. The van der Waals surface area contributed by atoms with Gasteiger partial charge in [0, 0.05) is 25.2 Å². The van der Waals surface area contributed by atoms with E-state index in [0.717, 1.165) is 38.0 Å². The summed E-state index contributed by atoms with van der Waals surface area (Å²) >= 11 is 5.80. The highest BCUT2D eigenvalue weighted by atomic mass is 35.5. The number of benzene rings is 1. The van der Waals surface area contributed by atoms with Crippen LogP contribution in [0.15, 0.2) is 18.2 Å². The zero-order valence-electron chi connectivity index (χ0n) is 11.0. The second-order valence-corrected chi connectivity index (χ2v) is 5.74. The molecule has 1 heterocycles. The van der Waals surface area contributed by atoms with Crippen molar-refractivity contribution in [2.24, 2.45) is 0 Å². The molecule has 0 amide bonds. The zero-order chi connectivity index (χ0) is 13.2. The second-order valence-electron chi connectivity index (χ2n) is 5.34. The molecule has 0 saturated carbocycles. The van der Waals surface area contributed by atoms with Crippen molar-refractivity contribution in [1.82, 2.24) is 10.2 Å². The minimum absolute atomic E-state index is 0.213. The van der Waals surface area contributed by atoms with Gasteiger partial charge in [-0.3, -0.25) is 4.90 Å². The average molecular weight is 271 g/mol. The Morgan fingerprint density at radius 2 is 2.06 bits per heavy atom. The fraction of sp³-hybridized carbons (Fsp3) is 0.571. The van der Waals surface area contributed by atoms with E-state index in [9.17, 15) is 4.39 Å². The van der Waals surface area contributed by atoms with Crippen LogP contribution < -0.4 is 5.32 Å². The number of nitrogens with one attached hydrogen (secondary N) is 1. The molecule has 0 radical (unpaired) electrons. The summed E-state index contributed by atoms with van der Waals surface area (Å²) < 4.78 is 13.1. The first-order chi connectivity index (χ1) is 8.52. The Balaban J connectivity index is 1.93. The minimum atomic E-state index is -0.346. The molecule has 18 heavy (non-hydrogen) atoms. The standard InChI is InChI=1S/C14H20ClFN2/c1-14(17-2)5-7-18(8-6-14)10-11-3-4-13(16)12(15)9-11/h3-4,9,17H,5-8,10H2,1-2H3. The molecule has 1 fully saturated rings. The van der Waals surface area contributed by atoms with Crippen LogP contribution in [0.5, 0.6) is 0 Å². The first-order valence-electron chi connectivity index (χ1n) is 6.38. The Labute approximate surface area is 113 Å². The van der Waals surface area contributed by atoms with Crippen molar-refractivity contribution in [2.75, 3.05) is 20.1 Å². The molecular formula is C14H20ClFN2. The Morgan fingerprint density at radius 1 is 1.39 bits per heavy atom. The maximum Gasteiger partial charge on any atom is 0.141 e. The summed E-state index contributed by atoms with van der Waals surface area (Å²) in [6.07, 6.45) is 2.27. The molecule has 2 rings (SSSR count). The number of nitrogens with zero attached hydrogens (tertiary/aromatic N) is 1. The lowest BCUT2D eigenvalue weighted by molar-refractivity contribution is 0.146. The number of halogens is 2. The molecule has 1 saturated heterocycles. The molecule has 1 aliphatic heterocycles. The van der Waals surface area contributed by atoms with Crippen molar-refractivity contribution in [3.8, 4) is 0 Å². The lowest BCUT2D eigenvalue weighted by Gasteiger charge is -2.39. The van der Waals surface area contributed by atoms with E-state index in [0.29, 0.717) is 0 Å². The van der Waals surface area contributed by atoms with Gasteiger partial charge in [-0.25, -0.2) is 4.39 Å². The van der Waals surface area contributed by atoms with E-state index in [1.165, 1.54) is 6.07 Å². The molecule has 100 valence electrons. The van der Waals surface area contributed by atoms with Crippen molar-refractivity contribution in [1.29, 1.82) is 0 Å². The smallest absolute Gasteiger partial charge is 0.141 e. The number of hydrogen-bond donors (Lipinski definition) is 1. The molecule has 1 aromatic rings. The Hall–Kier alpha value is -0.640. The molecule has 0 bridgehead atoms. The van der Waals surface area contributed by atoms with Gasteiger partial charge in [0.05, 0.1) is 5.02 Å². The van der Waals surface area contributed by atoms with Crippen molar-refractivity contribution in [3.63, 3.8) is 0 Å². The quantitative estimate of drug-likeness (QED) is 0.908. The third kappa shape index (κ3) is 3.22. The summed E-state index contributed by atoms with van der Waals surface area (Å²) in [7, 11) is 2.02. The number of likely N-dealkylation sites (tertiary alicyclic amines) is 1. The summed E-state index contributed by atoms with van der Waals surface area (Å²) in [6, 6.07) is 4.98. The van der Waals surface area contributed by atoms with Crippen LogP contribution in [0.4, 0.5) is 4.39 Å². The van der Waals surface area contributed by atoms with Crippen LogP contribution in [0.25, 0.3) is 0 Å². The van der Waals surface area contributed by atoms with Gasteiger partial charge in [0.1, 0.15) is 5.82 Å². The van der Waals surface area contributed by atoms with Crippen molar-refractivity contribution < 1.29 is 4.39 Å². The SMILES string of the molecule is CNC1(C)CCN(Cc2ccc(F)c(Cl)c2)CC1. The van der Waals surface area contributed by atoms with Gasteiger partial charge in [0.25, 0.3) is 0 Å². The monoisotopic (exact) mass is 270 g/mol. The fourth-order valence-corrected chi connectivity index (χ4v) is 2.55. The first kappa shape index (κ1) is 13.8. The molecule has 1 aromatic carbocycles. The zero-order valence-corrected chi connectivity index (χ0v) is 11.7. The third-order valence-electron chi connectivity index (χ3n) is 3.95. The van der Waals surface area contributed by atoms with Gasteiger partial charge in [-0.1, -0.05) is 17.7 Å². The van der Waals surface area contributed by atoms with Gasteiger partial charge in [0.2, 0.25) is 0 Å². The third-order valence-corrected chi connectivity index (χ3v) is 4.24. The summed E-state index contributed by atoms with van der Waals surface area (Å²) in [4.78, 5) is 2.39. The van der Waals surface area contributed by atoms with Crippen LogP contribution in [0.2, 0.25) is 5.02 Å². The minimum Gasteiger partial charge on any atom is -0.314 e. The predicted octanol–water partition coefficient (Wildman–Crippen LogP) is 3.05. The Bertz CT molecular complexity index is 414. The Kier molecular flexibility index (Phi) is 4.25. The predicted molar refractivity (Wildman–Crippen MR) is 73.4 cm³/mol. The summed E-state index contributed by atoms with van der Waals surface area (Å²) in [5, 5.41) is 3.60. The maximum atomic E-state index is 13.1. The lowest BCUT2D eigenvalue weighted by atomic mass is 9.90. The highest BCUT2D eigenvalue weighted by molar-refractivity contribution is 6.30. The van der Waals surface area contributed by atoms with Gasteiger partial charge >= 0.3 is 0 Å². The van der Waals surface area contributed by atoms with E-state index < -0.39 is 0 Å². The van der Waals surface area contributed by atoms with Crippen LogP contribution in [0, 0.1) is 5.82 Å². The molecule has 0 aromatic heterocycles. The van der Waals surface area contributed by atoms with Gasteiger partial charge < -0.3 is 5.32 Å². The van der Waals surface area contributed by atoms with Crippen LogP contribution in [-0.2, 0) is 6.54 Å². The molecule has 0 unspecified atom stereocenters. The number of hydrogen-bond acceptors (Lipinski definition) is 2.